The van der Waals surface area contributed by atoms with Gasteiger partial charge < -0.3 is 39.6 Å². The van der Waals surface area contributed by atoms with Crippen LogP contribution in [0.4, 0.5) is 15.3 Å². The first-order valence-corrected chi connectivity index (χ1v) is 11.4. The lowest BCUT2D eigenvalue weighted by Crippen LogP contribution is -2.32. The molecule has 0 aromatic heterocycles. The smallest absolute Gasteiger partial charge is 0.407 e. The third-order valence-electron chi connectivity index (χ3n) is 4.67. The first-order valence-electron chi connectivity index (χ1n) is 11.4. The number of anilines is 1. The highest BCUT2D eigenvalue weighted by Gasteiger charge is 2.15. The molecule has 3 N–H and O–H groups in total. The van der Waals surface area contributed by atoms with Crippen LogP contribution in [-0.4, -0.2) is 77.8 Å². The number of nitrogens with one attached hydrogen (secondary N) is 3. The molecule has 0 aliphatic rings. The Bertz CT molecular complexity index is 997. The first-order chi connectivity index (χ1) is 17.9. The second-order valence-corrected chi connectivity index (χ2v) is 7.38. The summed E-state index contributed by atoms with van der Waals surface area (Å²) in [7, 11) is 2.41. The van der Waals surface area contributed by atoms with Crippen LogP contribution in [0.15, 0.2) is 48.5 Å². The van der Waals surface area contributed by atoms with Crippen molar-refractivity contribution in [1.82, 2.24) is 10.6 Å². The number of urea groups is 1. The molecule has 0 fully saturated rings. The Balaban J connectivity index is 1.54. The summed E-state index contributed by atoms with van der Waals surface area (Å²) in [6.07, 6.45) is -0.522. The average Bonchev–Trinajstić information content (AvgIpc) is 2.92. The van der Waals surface area contributed by atoms with Crippen LogP contribution >= 0.6 is 0 Å². The number of rotatable bonds is 14. The van der Waals surface area contributed by atoms with Crippen molar-refractivity contribution in [1.29, 1.82) is 0 Å². The summed E-state index contributed by atoms with van der Waals surface area (Å²) < 4.78 is 25.2. The molecule has 12 nitrogen and oxygen atoms in total. The number of esters is 2. The van der Waals surface area contributed by atoms with Gasteiger partial charge >= 0.3 is 24.1 Å². The molecule has 0 aliphatic carbocycles. The van der Waals surface area contributed by atoms with E-state index >= 15 is 0 Å². The van der Waals surface area contributed by atoms with Gasteiger partial charge in [-0.2, -0.15) is 0 Å². The number of methoxy groups -OCH3 is 2. The monoisotopic (exact) mass is 517 g/mol. The molecule has 0 aliphatic heterocycles. The molecular formula is C25H31N3O9. The van der Waals surface area contributed by atoms with E-state index in [4.69, 9.17) is 14.2 Å². The van der Waals surface area contributed by atoms with Crippen LogP contribution in [-0.2, 0) is 30.3 Å². The fourth-order valence-corrected chi connectivity index (χ4v) is 2.90. The van der Waals surface area contributed by atoms with E-state index in [2.05, 4.69) is 25.4 Å². The summed E-state index contributed by atoms with van der Waals surface area (Å²) >= 11 is 0. The Hall–Kier alpha value is -4.16. The predicted molar refractivity (Wildman–Crippen MR) is 132 cm³/mol. The molecular weight excluding hydrogens is 486 g/mol. The van der Waals surface area contributed by atoms with Gasteiger partial charge in [0, 0.05) is 18.8 Å². The molecule has 0 radical (unpaired) electrons. The maximum Gasteiger partial charge on any atom is 0.407 e. The molecule has 0 bridgehead atoms. The molecule has 2 aromatic rings. The zero-order valence-electron chi connectivity index (χ0n) is 20.7. The van der Waals surface area contributed by atoms with Gasteiger partial charge in [-0.1, -0.05) is 30.3 Å². The highest BCUT2D eigenvalue weighted by atomic mass is 16.6. The van der Waals surface area contributed by atoms with E-state index in [1.54, 1.807) is 0 Å². The fourth-order valence-electron chi connectivity index (χ4n) is 2.90. The molecule has 200 valence electrons. The molecule has 0 saturated carbocycles. The lowest BCUT2D eigenvalue weighted by atomic mass is 10.1. The van der Waals surface area contributed by atoms with Gasteiger partial charge in [0.15, 0.2) is 0 Å². The second kappa shape index (κ2) is 16.5. The van der Waals surface area contributed by atoms with Gasteiger partial charge in [-0.05, 0) is 23.8 Å². The van der Waals surface area contributed by atoms with Gasteiger partial charge in [0.1, 0.15) is 6.61 Å². The number of hydrogen-bond donors (Lipinski definition) is 3. The number of amides is 3. The van der Waals surface area contributed by atoms with E-state index in [-0.39, 0.29) is 36.6 Å². The van der Waals surface area contributed by atoms with Crippen LogP contribution in [0.1, 0.15) is 26.3 Å². The number of carbonyl (C=O) groups is 4. The molecule has 37 heavy (non-hydrogen) atoms. The maximum absolute atomic E-state index is 12.1. The van der Waals surface area contributed by atoms with Gasteiger partial charge in [-0.15, -0.1) is 0 Å². The Morgan fingerprint density at radius 2 is 1.30 bits per heavy atom. The van der Waals surface area contributed by atoms with Crippen molar-refractivity contribution >= 4 is 29.8 Å². The number of benzene rings is 2. The van der Waals surface area contributed by atoms with E-state index in [1.807, 2.05) is 30.3 Å². The van der Waals surface area contributed by atoms with Crippen molar-refractivity contribution in [2.45, 2.75) is 6.61 Å². The van der Waals surface area contributed by atoms with E-state index in [1.165, 1.54) is 32.4 Å². The standard InChI is InChI=1S/C25H31N3O9/c1-33-22(29)19-14-20(23(30)34-2)16-21(15-19)28-24(31)26-8-10-35-12-13-36-11-9-27-25(32)37-17-18-6-4-3-5-7-18/h3-7,14-16H,8-13,17H2,1-2H3,(H,27,32)(H2,26,28,31). The molecule has 3 amide bonds. The zero-order valence-corrected chi connectivity index (χ0v) is 20.7. The van der Waals surface area contributed by atoms with E-state index in [0.717, 1.165) is 5.56 Å². The van der Waals surface area contributed by atoms with Gasteiger partial charge in [-0.3, -0.25) is 0 Å². The van der Waals surface area contributed by atoms with Crippen LogP contribution < -0.4 is 16.0 Å². The Morgan fingerprint density at radius 1 is 0.730 bits per heavy atom. The van der Waals surface area contributed by atoms with Crippen molar-refractivity contribution in [3.05, 3.63) is 65.2 Å². The topological polar surface area (TPSA) is 151 Å². The van der Waals surface area contributed by atoms with Crippen molar-refractivity contribution in [2.24, 2.45) is 0 Å². The Morgan fingerprint density at radius 3 is 1.86 bits per heavy atom. The number of ether oxygens (including phenoxy) is 5. The lowest BCUT2D eigenvalue weighted by Gasteiger charge is -2.11. The summed E-state index contributed by atoms with van der Waals surface area (Å²) in [5.41, 5.74) is 1.29. The van der Waals surface area contributed by atoms with Crippen molar-refractivity contribution in [3.63, 3.8) is 0 Å². The van der Waals surface area contributed by atoms with Crippen molar-refractivity contribution in [2.75, 3.05) is 59.1 Å². The van der Waals surface area contributed by atoms with Crippen LogP contribution in [0.3, 0.4) is 0 Å². The predicted octanol–water partition coefficient (Wildman–Crippen LogP) is 2.34. The van der Waals surface area contributed by atoms with Crippen molar-refractivity contribution in [3.8, 4) is 0 Å². The minimum absolute atomic E-state index is 0.0864. The summed E-state index contributed by atoms with van der Waals surface area (Å²) in [6, 6.07) is 12.9. The van der Waals surface area contributed by atoms with Gasteiger partial charge in [0.2, 0.25) is 0 Å². The summed E-state index contributed by atoms with van der Waals surface area (Å²) in [4.78, 5) is 47.4. The maximum atomic E-state index is 12.1. The third-order valence-corrected chi connectivity index (χ3v) is 4.67. The fraction of sp³-hybridized carbons (Fsp3) is 0.360. The molecule has 0 saturated heterocycles. The van der Waals surface area contributed by atoms with E-state index < -0.39 is 24.1 Å². The molecule has 0 spiro atoms. The Kier molecular flexibility index (Phi) is 13.0. The summed E-state index contributed by atoms with van der Waals surface area (Å²) in [6.45, 7) is 1.83. The van der Waals surface area contributed by atoms with Crippen LogP contribution in [0, 0.1) is 0 Å². The summed E-state index contributed by atoms with van der Waals surface area (Å²) in [5, 5.41) is 7.73. The largest absolute Gasteiger partial charge is 0.465 e. The third kappa shape index (κ3) is 11.4. The molecule has 0 heterocycles. The number of hydrogen-bond acceptors (Lipinski definition) is 9. The Labute approximate surface area is 214 Å². The number of alkyl carbamates (subject to hydrolysis) is 1. The van der Waals surface area contributed by atoms with Gasteiger partial charge in [0.25, 0.3) is 0 Å². The minimum Gasteiger partial charge on any atom is -0.465 e. The summed E-state index contributed by atoms with van der Waals surface area (Å²) in [5.74, 6) is -1.33. The van der Waals surface area contributed by atoms with Crippen LogP contribution in [0.5, 0.6) is 0 Å². The molecule has 0 unspecified atom stereocenters. The first kappa shape index (κ1) is 29.1. The lowest BCUT2D eigenvalue weighted by molar-refractivity contribution is 0.0498. The van der Waals surface area contributed by atoms with Crippen LogP contribution in [0.2, 0.25) is 0 Å². The second-order valence-electron chi connectivity index (χ2n) is 7.38. The number of carbonyl (C=O) groups excluding carboxylic acids is 4. The highest BCUT2D eigenvalue weighted by Crippen LogP contribution is 2.17. The normalized spacial score (nSPS) is 10.2. The van der Waals surface area contributed by atoms with Gasteiger partial charge in [0.05, 0.1) is 51.8 Å². The van der Waals surface area contributed by atoms with Crippen molar-refractivity contribution < 1.29 is 42.9 Å². The zero-order chi connectivity index (χ0) is 26.9. The molecule has 2 aromatic carbocycles. The molecule has 2 rings (SSSR count). The SMILES string of the molecule is COC(=O)c1cc(NC(=O)NCCOCCOCCNC(=O)OCc2ccccc2)cc(C(=O)OC)c1. The minimum atomic E-state index is -0.663. The molecule has 12 heteroatoms. The van der Waals surface area contributed by atoms with Crippen LogP contribution in [0.25, 0.3) is 0 Å². The van der Waals surface area contributed by atoms with E-state index in [0.29, 0.717) is 26.4 Å². The quantitative estimate of drug-likeness (QED) is 0.195. The van der Waals surface area contributed by atoms with Gasteiger partial charge in [-0.25, -0.2) is 19.2 Å². The molecule has 0 atom stereocenters. The highest BCUT2D eigenvalue weighted by molar-refractivity contribution is 5.99. The average molecular weight is 518 g/mol. The van der Waals surface area contributed by atoms with E-state index in [9.17, 15) is 19.2 Å².